The first-order valence-corrected chi connectivity index (χ1v) is 12.3. The molecule has 0 N–H and O–H groups in total. The van der Waals surface area contributed by atoms with Gasteiger partial charge in [0.2, 0.25) is 0 Å². The maximum atomic E-state index is 10.6. The molecule has 0 spiro atoms. The largest absolute Gasteiger partial charge is 0.491 e. The van der Waals surface area contributed by atoms with Crippen LogP contribution in [0.2, 0.25) is 0 Å². The van der Waals surface area contributed by atoms with Crippen LogP contribution in [0.1, 0.15) is 10.4 Å². The lowest BCUT2D eigenvalue weighted by molar-refractivity contribution is -0.0208. The Morgan fingerprint density at radius 3 is 1.18 bits per heavy atom. The third kappa shape index (κ3) is 20.0. The first-order chi connectivity index (χ1) is 16.4. The minimum absolute atomic E-state index is 0.440. The summed E-state index contributed by atoms with van der Waals surface area (Å²) in [7, 11) is 0. The molecule has 190 valence electrons. The van der Waals surface area contributed by atoms with Crippen molar-refractivity contribution in [1.29, 1.82) is 0 Å². The predicted octanol–water partition coefficient (Wildman–Crippen LogP) is 2.39. The zero-order chi connectivity index (χ0) is 23.7. The molecular formula is C23H37BrO9. The molecule has 0 saturated carbocycles. The Hall–Kier alpha value is -1.11. The van der Waals surface area contributed by atoms with E-state index in [1.165, 1.54) is 0 Å². The van der Waals surface area contributed by atoms with Gasteiger partial charge in [-0.1, -0.05) is 15.9 Å². The molecule has 10 heteroatoms. The number of hydrogen-bond donors (Lipinski definition) is 0. The van der Waals surface area contributed by atoms with E-state index in [1.54, 1.807) is 24.3 Å². The molecule has 0 radical (unpaired) electrons. The molecule has 9 nitrogen and oxygen atoms in total. The first-order valence-electron chi connectivity index (χ1n) is 11.1. The van der Waals surface area contributed by atoms with E-state index in [2.05, 4.69) is 15.9 Å². The number of carbonyl (C=O) groups is 1. The molecule has 0 fully saturated rings. The smallest absolute Gasteiger partial charge is 0.150 e. The second-order valence-corrected chi connectivity index (χ2v) is 7.30. The molecule has 0 saturated heterocycles. The van der Waals surface area contributed by atoms with Gasteiger partial charge >= 0.3 is 0 Å². The lowest BCUT2D eigenvalue weighted by Gasteiger charge is -2.09. The molecule has 0 aliphatic carbocycles. The van der Waals surface area contributed by atoms with E-state index < -0.39 is 0 Å². The maximum Gasteiger partial charge on any atom is 0.150 e. The average Bonchev–Trinajstić information content (AvgIpc) is 2.85. The van der Waals surface area contributed by atoms with Gasteiger partial charge in [-0.3, -0.25) is 4.79 Å². The number of hydrogen-bond acceptors (Lipinski definition) is 9. The summed E-state index contributed by atoms with van der Waals surface area (Å²) in [6.45, 7) is 7.99. The maximum absolute atomic E-state index is 10.6. The SMILES string of the molecule is O=Cc1ccc(OCCOCCOCCOCCOCCOCCOCCOCCBr)cc1. The highest BCUT2D eigenvalue weighted by Gasteiger charge is 1.96. The third-order valence-corrected chi connectivity index (χ3v) is 4.29. The summed E-state index contributed by atoms with van der Waals surface area (Å²) < 4.78 is 43.3. The molecule has 1 aromatic carbocycles. The van der Waals surface area contributed by atoms with Crippen LogP contribution in [0.25, 0.3) is 0 Å². The summed E-state index contributed by atoms with van der Waals surface area (Å²) in [4.78, 5) is 10.6. The van der Waals surface area contributed by atoms with Crippen molar-refractivity contribution in [2.75, 3.05) is 104 Å². The molecule has 1 rings (SSSR count). The fraction of sp³-hybridized carbons (Fsp3) is 0.696. The van der Waals surface area contributed by atoms with Crippen LogP contribution in [0.3, 0.4) is 0 Å². The van der Waals surface area contributed by atoms with E-state index in [1.807, 2.05) is 0 Å². The van der Waals surface area contributed by atoms with Gasteiger partial charge in [0.1, 0.15) is 18.6 Å². The number of halogens is 1. The molecular weight excluding hydrogens is 500 g/mol. The van der Waals surface area contributed by atoms with E-state index >= 15 is 0 Å². The van der Waals surface area contributed by atoms with Gasteiger partial charge in [0.25, 0.3) is 0 Å². The number of benzene rings is 1. The first kappa shape index (κ1) is 29.9. The molecule has 0 bridgehead atoms. The Labute approximate surface area is 205 Å². The molecule has 0 aliphatic heterocycles. The van der Waals surface area contributed by atoms with Crippen molar-refractivity contribution >= 4 is 22.2 Å². The Bertz CT molecular complexity index is 545. The van der Waals surface area contributed by atoms with Gasteiger partial charge < -0.3 is 37.9 Å². The Morgan fingerprint density at radius 1 is 0.515 bits per heavy atom. The standard InChI is InChI=1S/C23H37BrO9/c24-5-6-26-7-8-27-9-10-28-11-12-29-13-14-30-15-16-31-17-18-32-19-20-33-23-3-1-22(21-25)2-4-23/h1-4,21H,5-20H2. The number of alkyl halides is 1. The summed E-state index contributed by atoms with van der Waals surface area (Å²) in [6.07, 6.45) is 0.800. The monoisotopic (exact) mass is 536 g/mol. The average molecular weight is 537 g/mol. The topological polar surface area (TPSA) is 90.9 Å². The lowest BCUT2D eigenvalue weighted by Crippen LogP contribution is -2.15. The summed E-state index contributed by atoms with van der Waals surface area (Å²) in [6, 6.07) is 6.94. The van der Waals surface area contributed by atoms with Gasteiger partial charge in [-0.25, -0.2) is 0 Å². The van der Waals surface area contributed by atoms with E-state index in [9.17, 15) is 4.79 Å². The summed E-state index contributed by atoms with van der Waals surface area (Å²) in [5.74, 6) is 0.710. The van der Waals surface area contributed by atoms with E-state index in [4.69, 9.17) is 37.9 Å². The predicted molar refractivity (Wildman–Crippen MR) is 127 cm³/mol. The second-order valence-electron chi connectivity index (χ2n) is 6.51. The molecule has 0 heterocycles. The van der Waals surface area contributed by atoms with E-state index in [0.717, 1.165) is 11.6 Å². The molecule has 0 aromatic heterocycles. The van der Waals surface area contributed by atoms with Crippen molar-refractivity contribution in [3.05, 3.63) is 29.8 Å². The van der Waals surface area contributed by atoms with Crippen LogP contribution in [-0.4, -0.2) is 111 Å². The molecule has 0 atom stereocenters. The lowest BCUT2D eigenvalue weighted by atomic mass is 10.2. The normalized spacial score (nSPS) is 11.1. The highest BCUT2D eigenvalue weighted by Crippen LogP contribution is 2.10. The van der Waals surface area contributed by atoms with Gasteiger partial charge in [-0.15, -0.1) is 0 Å². The van der Waals surface area contributed by atoms with Crippen LogP contribution in [0.15, 0.2) is 24.3 Å². The van der Waals surface area contributed by atoms with E-state index in [0.29, 0.717) is 110 Å². The summed E-state index contributed by atoms with van der Waals surface area (Å²) in [5, 5.41) is 0.838. The van der Waals surface area contributed by atoms with Crippen molar-refractivity contribution in [2.24, 2.45) is 0 Å². The Morgan fingerprint density at radius 2 is 0.848 bits per heavy atom. The van der Waals surface area contributed by atoms with Crippen LogP contribution >= 0.6 is 15.9 Å². The number of ether oxygens (including phenoxy) is 8. The van der Waals surface area contributed by atoms with Gasteiger partial charge in [0, 0.05) is 10.9 Å². The van der Waals surface area contributed by atoms with Gasteiger partial charge in [0.15, 0.2) is 0 Å². The van der Waals surface area contributed by atoms with Crippen molar-refractivity contribution in [3.8, 4) is 5.75 Å². The van der Waals surface area contributed by atoms with Crippen molar-refractivity contribution < 1.29 is 42.7 Å². The molecule has 0 unspecified atom stereocenters. The molecule has 33 heavy (non-hydrogen) atoms. The zero-order valence-corrected chi connectivity index (χ0v) is 20.8. The van der Waals surface area contributed by atoms with Gasteiger partial charge in [-0.05, 0) is 24.3 Å². The number of aldehydes is 1. The van der Waals surface area contributed by atoms with Gasteiger partial charge in [0.05, 0.1) is 92.5 Å². The van der Waals surface area contributed by atoms with Crippen LogP contribution in [-0.2, 0) is 33.2 Å². The van der Waals surface area contributed by atoms with Crippen molar-refractivity contribution in [1.82, 2.24) is 0 Å². The molecule has 1 aromatic rings. The minimum Gasteiger partial charge on any atom is -0.491 e. The fourth-order valence-electron chi connectivity index (χ4n) is 2.34. The van der Waals surface area contributed by atoms with E-state index in [-0.39, 0.29) is 0 Å². The zero-order valence-electron chi connectivity index (χ0n) is 19.3. The highest BCUT2D eigenvalue weighted by molar-refractivity contribution is 9.09. The second kappa shape index (κ2) is 24.0. The summed E-state index contributed by atoms with van der Waals surface area (Å²) in [5.41, 5.74) is 0.623. The molecule has 0 aliphatic rings. The van der Waals surface area contributed by atoms with Crippen LogP contribution in [0.4, 0.5) is 0 Å². The fourth-order valence-corrected chi connectivity index (χ4v) is 2.57. The van der Waals surface area contributed by atoms with Crippen LogP contribution < -0.4 is 4.74 Å². The van der Waals surface area contributed by atoms with Gasteiger partial charge in [-0.2, -0.15) is 0 Å². The Kier molecular flexibility index (Phi) is 21.8. The minimum atomic E-state index is 0.440. The third-order valence-electron chi connectivity index (χ3n) is 3.97. The summed E-state index contributed by atoms with van der Waals surface area (Å²) >= 11 is 3.29. The number of rotatable bonds is 25. The van der Waals surface area contributed by atoms with Crippen LogP contribution in [0, 0.1) is 0 Å². The number of carbonyl (C=O) groups excluding carboxylic acids is 1. The van der Waals surface area contributed by atoms with Crippen molar-refractivity contribution in [3.63, 3.8) is 0 Å². The highest BCUT2D eigenvalue weighted by atomic mass is 79.9. The van der Waals surface area contributed by atoms with Crippen LogP contribution in [0.5, 0.6) is 5.75 Å². The quantitative estimate of drug-likeness (QED) is 0.106. The Balaban J connectivity index is 1.69. The molecule has 0 amide bonds. The van der Waals surface area contributed by atoms with Crippen molar-refractivity contribution in [2.45, 2.75) is 0 Å².